The topological polar surface area (TPSA) is 55.1 Å². The highest BCUT2D eigenvalue weighted by atomic mass is 32.1. The first-order valence-electron chi connectivity index (χ1n) is 6.96. The Morgan fingerprint density at radius 3 is 2.67 bits per heavy atom. The molecule has 5 heteroatoms. The van der Waals surface area contributed by atoms with Crippen LogP contribution < -0.4 is 11.1 Å². The molecule has 21 heavy (non-hydrogen) atoms. The number of nitrogens with two attached hydrogens (primary N) is 1. The van der Waals surface area contributed by atoms with Crippen molar-refractivity contribution in [2.24, 2.45) is 5.73 Å². The summed E-state index contributed by atoms with van der Waals surface area (Å²) < 4.78 is 13.0. The van der Waals surface area contributed by atoms with Crippen LogP contribution in [0.1, 0.15) is 27.4 Å². The molecule has 0 aliphatic carbocycles. The van der Waals surface area contributed by atoms with Gasteiger partial charge in [-0.3, -0.25) is 4.79 Å². The third-order valence-electron chi connectivity index (χ3n) is 3.21. The van der Waals surface area contributed by atoms with E-state index in [2.05, 4.69) is 5.32 Å². The summed E-state index contributed by atoms with van der Waals surface area (Å²) in [5.74, 6) is -0.321. The largest absolute Gasteiger partial charge is 0.351 e. The second-order valence-electron chi connectivity index (χ2n) is 4.84. The highest BCUT2D eigenvalue weighted by Crippen LogP contribution is 2.31. The van der Waals surface area contributed by atoms with E-state index in [-0.39, 0.29) is 11.7 Å². The van der Waals surface area contributed by atoms with Gasteiger partial charge in [-0.25, -0.2) is 4.39 Å². The number of nitrogens with one attached hydrogen (secondary N) is 1. The van der Waals surface area contributed by atoms with Crippen molar-refractivity contribution in [1.29, 1.82) is 0 Å². The molecule has 0 fully saturated rings. The first-order valence-corrected chi connectivity index (χ1v) is 7.78. The fraction of sp³-hybridized carbons (Fsp3) is 0.312. The van der Waals surface area contributed by atoms with E-state index in [0.717, 1.165) is 28.8 Å². The van der Waals surface area contributed by atoms with Crippen LogP contribution in [0.4, 0.5) is 4.39 Å². The lowest BCUT2D eigenvalue weighted by atomic mass is 10.1. The average Bonchev–Trinajstić information content (AvgIpc) is 2.86. The molecule has 1 heterocycles. The predicted molar refractivity (Wildman–Crippen MR) is 85.1 cm³/mol. The number of amides is 1. The van der Waals surface area contributed by atoms with Crippen LogP contribution in [0.2, 0.25) is 0 Å². The van der Waals surface area contributed by atoms with Crippen molar-refractivity contribution < 1.29 is 9.18 Å². The molecule has 2 rings (SSSR count). The smallest absolute Gasteiger partial charge is 0.261 e. The molecule has 3 nitrogen and oxygen atoms in total. The van der Waals surface area contributed by atoms with Gasteiger partial charge in [-0.2, -0.15) is 0 Å². The number of unbranched alkanes of at least 4 members (excludes halogenated alkanes) is 1. The Labute approximate surface area is 128 Å². The number of halogens is 1. The molecule has 2 aromatic rings. The van der Waals surface area contributed by atoms with E-state index in [1.54, 1.807) is 12.1 Å². The maximum Gasteiger partial charge on any atom is 0.261 e. The molecule has 0 saturated heterocycles. The highest BCUT2D eigenvalue weighted by Gasteiger charge is 2.13. The van der Waals surface area contributed by atoms with Gasteiger partial charge in [-0.1, -0.05) is 12.1 Å². The van der Waals surface area contributed by atoms with Gasteiger partial charge in [0.2, 0.25) is 0 Å². The van der Waals surface area contributed by atoms with E-state index in [0.29, 0.717) is 18.0 Å². The first-order chi connectivity index (χ1) is 10.1. The summed E-state index contributed by atoms with van der Waals surface area (Å²) in [5.41, 5.74) is 7.32. The lowest BCUT2D eigenvalue weighted by Crippen LogP contribution is -2.23. The van der Waals surface area contributed by atoms with Crippen LogP contribution in [0.5, 0.6) is 0 Å². The number of hydrogen-bond donors (Lipinski definition) is 2. The fourth-order valence-corrected chi connectivity index (χ4v) is 3.03. The average molecular weight is 306 g/mol. The molecule has 0 aliphatic rings. The predicted octanol–water partition coefficient (Wildman–Crippen LogP) is 3.33. The van der Waals surface area contributed by atoms with Crippen molar-refractivity contribution in [3.8, 4) is 11.1 Å². The monoisotopic (exact) mass is 306 g/mol. The number of thiophene rings is 1. The van der Waals surface area contributed by atoms with Crippen LogP contribution in [0.3, 0.4) is 0 Å². The highest BCUT2D eigenvalue weighted by molar-refractivity contribution is 7.14. The third-order valence-corrected chi connectivity index (χ3v) is 4.26. The van der Waals surface area contributed by atoms with Crippen molar-refractivity contribution in [2.45, 2.75) is 19.8 Å². The quantitative estimate of drug-likeness (QED) is 0.804. The van der Waals surface area contributed by atoms with Gasteiger partial charge in [0.1, 0.15) is 5.82 Å². The summed E-state index contributed by atoms with van der Waals surface area (Å²) in [7, 11) is 0. The number of hydrogen-bond acceptors (Lipinski definition) is 3. The second-order valence-corrected chi connectivity index (χ2v) is 6.10. The van der Waals surface area contributed by atoms with Crippen LogP contribution >= 0.6 is 11.3 Å². The van der Waals surface area contributed by atoms with Crippen molar-refractivity contribution in [1.82, 2.24) is 5.32 Å². The molecule has 112 valence electrons. The van der Waals surface area contributed by atoms with Gasteiger partial charge in [-0.05, 0) is 55.6 Å². The van der Waals surface area contributed by atoms with Gasteiger partial charge in [0.25, 0.3) is 5.91 Å². The number of carbonyl (C=O) groups is 1. The molecule has 0 unspecified atom stereocenters. The summed E-state index contributed by atoms with van der Waals surface area (Å²) in [4.78, 5) is 13.8. The summed E-state index contributed by atoms with van der Waals surface area (Å²) in [6, 6.07) is 8.18. The van der Waals surface area contributed by atoms with Crippen LogP contribution in [0.15, 0.2) is 30.3 Å². The van der Waals surface area contributed by atoms with Crippen molar-refractivity contribution in [3.05, 3.63) is 45.9 Å². The molecule has 1 amide bonds. The van der Waals surface area contributed by atoms with Crippen LogP contribution in [-0.2, 0) is 0 Å². The lowest BCUT2D eigenvalue weighted by molar-refractivity contribution is 0.0957. The Balaban J connectivity index is 2.08. The zero-order chi connectivity index (χ0) is 15.2. The normalized spacial score (nSPS) is 10.6. The van der Waals surface area contributed by atoms with Gasteiger partial charge >= 0.3 is 0 Å². The Bertz CT molecular complexity index is 607. The van der Waals surface area contributed by atoms with E-state index < -0.39 is 0 Å². The molecule has 0 atom stereocenters. The standard InChI is InChI=1S/C16H19FN2OS/c1-11-14(12-4-6-13(17)7-5-12)10-15(21-11)16(20)19-9-3-2-8-18/h4-7,10H,2-3,8-9,18H2,1H3,(H,19,20). The molecule has 1 aromatic heterocycles. The zero-order valence-electron chi connectivity index (χ0n) is 12.0. The summed E-state index contributed by atoms with van der Waals surface area (Å²) >= 11 is 1.45. The van der Waals surface area contributed by atoms with Gasteiger partial charge < -0.3 is 11.1 Å². The van der Waals surface area contributed by atoms with E-state index in [1.165, 1.54) is 23.5 Å². The fourth-order valence-electron chi connectivity index (χ4n) is 2.07. The van der Waals surface area contributed by atoms with Crippen LogP contribution in [0.25, 0.3) is 11.1 Å². The van der Waals surface area contributed by atoms with E-state index in [1.807, 2.05) is 13.0 Å². The maximum absolute atomic E-state index is 13.0. The third kappa shape index (κ3) is 4.12. The molecule has 0 radical (unpaired) electrons. The molecule has 0 saturated carbocycles. The number of carbonyl (C=O) groups excluding carboxylic acids is 1. The van der Waals surface area contributed by atoms with Crippen LogP contribution in [-0.4, -0.2) is 19.0 Å². The Kier molecular flexibility index (Phi) is 5.47. The van der Waals surface area contributed by atoms with Crippen molar-refractivity contribution >= 4 is 17.2 Å². The van der Waals surface area contributed by atoms with Gasteiger partial charge in [0.05, 0.1) is 4.88 Å². The van der Waals surface area contributed by atoms with Crippen molar-refractivity contribution in [3.63, 3.8) is 0 Å². The number of benzene rings is 1. The Morgan fingerprint density at radius 1 is 1.29 bits per heavy atom. The van der Waals surface area contributed by atoms with Gasteiger partial charge in [0.15, 0.2) is 0 Å². The molecular weight excluding hydrogens is 287 g/mol. The zero-order valence-corrected chi connectivity index (χ0v) is 12.8. The summed E-state index contributed by atoms with van der Waals surface area (Å²) in [5, 5.41) is 2.89. The minimum absolute atomic E-state index is 0.0616. The Hall–Kier alpha value is -1.72. The minimum atomic E-state index is -0.260. The summed E-state index contributed by atoms with van der Waals surface area (Å²) in [6.07, 6.45) is 1.79. The van der Waals surface area contributed by atoms with Crippen LogP contribution in [0, 0.1) is 12.7 Å². The SMILES string of the molecule is Cc1sc(C(=O)NCCCCN)cc1-c1ccc(F)cc1. The number of rotatable bonds is 6. The number of aryl methyl sites for hydroxylation is 1. The summed E-state index contributed by atoms with van der Waals surface area (Å²) in [6.45, 7) is 3.25. The molecular formula is C16H19FN2OS. The van der Waals surface area contributed by atoms with Gasteiger partial charge in [0, 0.05) is 11.4 Å². The minimum Gasteiger partial charge on any atom is -0.351 e. The van der Waals surface area contributed by atoms with E-state index in [9.17, 15) is 9.18 Å². The molecule has 0 aliphatic heterocycles. The molecule has 0 bridgehead atoms. The maximum atomic E-state index is 13.0. The van der Waals surface area contributed by atoms with Gasteiger partial charge in [-0.15, -0.1) is 11.3 Å². The Morgan fingerprint density at radius 2 is 2.00 bits per heavy atom. The molecule has 0 spiro atoms. The molecule has 3 N–H and O–H groups in total. The van der Waals surface area contributed by atoms with E-state index in [4.69, 9.17) is 5.73 Å². The van der Waals surface area contributed by atoms with E-state index >= 15 is 0 Å². The second kappa shape index (κ2) is 7.33. The lowest BCUT2D eigenvalue weighted by Gasteiger charge is -2.02. The molecule has 1 aromatic carbocycles. The first kappa shape index (κ1) is 15.7. The van der Waals surface area contributed by atoms with Crippen molar-refractivity contribution in [2.75, 3.05) is 13.1 Å².